The van der Waals surface area contributed by atoms with Crippen LogP contribution in [0.2, 0.25) is 0 Å². The van der Waals surface area contributed by atoms with Gasteiger partial charge in [0.05, 0.1) is 23.5 Å². The van der Waals surface area contributed by atoms with E-state index >= 15 is 0 Å². The molecule has 4 rings (SSSR count). The molecule has 1 fully saturated rings. The van der Waals surface area contributed by atoms with Gasteiger partial charge in [-0.15, -0.1) is 0 Å². The summed E-state index contributed by atoms with van der Waals surface area (Å²) >= 11 is 0. The molecule has 1 atom stereocenters. The van der Waals surface area contributed by atoms with Crippen LogP contribution >= 0.6 is 0 Å². The van der Waals surface area contributed by atoms with E-state index in [0.29, 0.717) is 24.0 Å². The Labute approximate surface area is 199 Å². The smallest absolute Gasteiger partial charge is 0.290 e. The highest BCUT2D eigenvalue weighted by Crippen LogP contribution is 2.24. The molecule has 1 aliphatic rings. The Morgan fingerprint density at radius 2 is 1.82 bits per heavy atom. The molecule has 1 saturated heterocycles. The minimum absolute atomic E-state index is 0.0344. The van der Waals surface area contributed by atoms with Gasteiger partial charge in [-0.1, -0.05) is 32.0 Å². The van der Waals surface area contributed by atoms with Gasteiger partial charge in [0.15, 0.2) is 21.0 Å². The van der Waals surface area contributed by atoms with Crippen LogP contribution in [0.25, 0.3) is 11.0 Å². The summed E-state index contributed by atoms with van der Waals surface area (Å²) in [6.45, 7) is 4.84. The Morgan fingerprint density at radius 1 is 1.09 bits per heavy atom. The van der Waals surface area contributed by atoms with Crippen LogP contribution < -0.4 is 10.2 Å². The van der Waals surface area contributed by atoms with Gasteiger partial charge in [-0.3, -0.25) is 9.59 Å². The van der Waals surface area contributed by atoms with Gasteiger partial charge in [0, 0.05) is 18.7 Å². The van der Waals surface area contributed by atoms with Crippen molar-refractivity contribution in [2.75, 3.05) is 18.1 Å². The average molecular weight is 484 g/mol. The van der Waals surface area contributed by atoms with Crippen LogP contribution in [0.3, 0.4) is 0 Å². The maximum absolute atomic E-state index is 13.5. The zero-order chi connectivity index (χ0) is 24.3. The van der Waals surface area contributed by atoms with Gasteiger partial charge >= 0.3 is 0 Å². The number of rotatable bonds is 8. The number of sulfone groups is 1. The number of fused-ring (bicyclic) bond motifs is 1. The summed E-state index contributed by atoms with van der Waals surface area (Å²) in [6.07, 6.45) is 2.03. The molecule has 2 heterocycles. The molecule has 0 radical (unpaired) electrons. The molecule has 8 heteroatoms. The highest BCUT2D eigenvalue weighted by molar-refractivity contribution is 7.91. The second-order valence-corrected chi connectivity index (χ2v) is 10.9. The molecule has 0 N–H and O–H groups in total. The molecule has 0 unspecified atom stereocenters. The molecule has 0 saturated carbocycles. The number of hydrogen-bond acceptors (Lipinski definition) is 6. The summed E-state index contributed by atoms with van der Waals surface area (Å²) in [5.41, 5.74) is 1.88. The minimum atomic E-state index is -3.22. The Kier molecular flexibility index (Phi) is 7.07. The maximum Gasteiger partial charge on any atom is 0.290 e. The first-order valence-corrected chi connectivity index (χ1v) is 13.4. The van der Waals surface area contributed by atoms with Crippen molar-refractivity contribution < 1.29 is 22.4 Å². The van der Waals surface area contributed by atoms with Crippen molar-refractivity contribution in [1.29, 1.82) is 0 Å². The summed E-state index contributed by atoms with van der Waals surface area (Å²) in [5, 5.41) is 0.425. The van der Waals surface area contributed by atoms with Gasteiger partial charge in [0.1, 0.15) is 11.3 Å². The van der Waals surface area contributed by atoms with Crippen molar-refractivity contribution in [3.8, 4) is 5.75 Å². The number of carbonyl (C=O) groups is 1. The van der Waals surface area contributed by atoms with E-state index in [1.165, 1.54) is 11.0 Å². The lowest BCUT2D eigenvalue weighted by Gasteiger charge is -2.28. The van der Waals surface area contributed by atoms with Crippen LogP contribution in [0, 0.1) is 0 Å². The molecule has 3 aromatic rings. The number of aryl methyl sites for hydroxylation is 1. The van der Waals surface area contributed by atoms with Gasteiger partial charge < -0.3 is 14.1 Å². The molecular weight excluding hydrogens is 454 g/mol. The van der Waals surface area contributed by atoms with Crippen molar-refractivity contribution in [1.82, 2.24) is 4.90 Å². The topological polar surface area (TPSA) is 93.9 Å². The summed E-state index contributed by atoms with van der Waals surface area (Å²) < 4.78 is 35.8. The zero-order valence-electron chi connectivity index (χ0n) is 19.5. The second-order valence-electron chi connectivity index (χ2n) is 8.64. The SMILES string of the molecule is CCCOc1ccc(CN(C(=O)c2cc(=O)c3cc(CC)ccc3o2)[C@@H]2CCS(=O)(=O)C2)cc1. The number of hydrogen-bond donors (Lipinski definition) is 0. The minimum Gasteiger partial charge on any atom is -0.494 e. The van der Waals surface area contributed by atoms with Crippen molar-refractivity contribution in [2.45, 2.75) is 45.7 Å². The van der Waals surface area contributed by atoms with Gasteiger partial charge in [0.25, 0.3) is 5.91 Å². The monoisotopic (exact) mass is 483 g/mol. The maximum atomic E-state index is 13.5. The number of benzene rings is 2. The molecule has 0 spiro atoms. The molecule has 1 aromatic heterocycles. The standard InChI is InChI=1S/C26H29NO6S/c1-3-12-32-21-8-5-19(6-9-21)16-27(20-11-13-34(30,31)17-20)26(29)25-15-23(28)22-14-18(4-2)7-10-24(22)33-25/h5-10,14-15,20H,3-4,11-13,16-17H2,1-2H3/t20-/m1/s1. The molecule has 2 aromatic carbocycles. The van der Waals surface area contributed by atoms with Crippen LogP contribution in [0.15, 0.2) is 57.7 Å². The lowest BCUT2D eigenvalue weighted by atomic mass is 10.1. The molecule has 0 aliphatic carbocycles. The number of nitrogens with zero attached hydrogens (tertiary/aromatic N) is 1. The van der Waals surface area contributed by atoms with Crippen molar-refractivity contribution in [2.24, 2.45) is 0 Å². The normalized spacial score (nSPS) is 17.1. The zero-order valence-corrected chi connectivity index (χ0v) is 20.3. The van der Waals surface area contributed by atoms with Crippen LogP contribution in [0.1, 0.15) is 48.4 Å². The number of amides is 1. The average Bonchev–Trinajstić information content (AvgIpc) is 3.20. The summed E-state index contributed by atoms with van der Waals surface area (Å²) in [6, 6.07) is 13.4. The highest BCUT2D eigenvalue weighted by Gasteiger charge is 2.36. The largest absolute Gasteiger partial charge is 0.494 e. The first-order valence-electron chi connectivity index (χ1n) is 11.6. The van der Waals surface area contributed by atoms with Gasteiger partial charge in [-0.25, -0.2) is 8.42 Å². The fraction of sp³-hybridized carbons (Fsp3) is 0.385. The van der Waals surface area contributed by atoms with E-state index in [2.05, 4.69) is 0 Å². The van der Waals surface area contributed by atoms with Gasteiger partial charge in [0.2, 0.25) is 0 Å². The lowest BCUT2D eigenvalue weighted by molar-refractivity contribution is 0.0648. The van der Waals surface area contributed by atoms with E-state index in [-0.39, 0.29) is 29.2 Å². The first kappa shape index (κ1) is 24.0. The molecule has 180 valence electrons. The number of carbonyl (C=O) groups excluding carboxylic acids is 1. The molecule has 0 bridgehead atoms. The van der Waals surface area contributed by atoms with E-state index in [1.54, 1.807) is 12.1 Å². The van der Waals surface area contributed by atoms with Gasteiger partial charge in [-0.05, 0) is 54.7 Å². The van der Waals surface area contributed by atoms with E-state index in [9.17, 15) is 18.0 Å². The highest BCUT2D eigenvalue weighted by atomic mass is 32.2. The van der Waals surface area contributed by atoms with Crippen molar-refractivity contribution >= 4 is 26.7 Å². The summed E-state index contributed by atoms with van der Waals surface area (Å²) in [4.78, 5) is 27.8. The Hall–Kier alpha value is -3.13. The first-order chi connectivity index (χ1) is 16.3. The van der Waals surface area contributed by atoms with Crippen LogP contribution in [-0.2, 0) is 22.8 Å². The van der Waals surface area contributed by atoms with Crippen molar-refractivity contribution in [3.63, 3.8) is 0 Å². The summed E-state index contributed by atoms with van der Waals surface area (Å²) in [5.74, 6) is 0.0840. The predicted molar refractivity (Wildman–Crippen MR) is 131 cm³/mol. The molecular formula is C26H29NO6S. The van der Waals surface area contributed by atoms with Crippen molar-refractivity contribution in [3.05, 3.63) is 75.6 Å². The second kappa shape index (κ2) is 10.0. The van der Waals surface area contributed by atoms with E-state index < -0.39 is 21.8 Å². The third-order valence-corrected chi connectivity index (χ3v) is 7.82. The molecule has 34 heavy (non-hydrogen) atoms. The van der Waals surface area contributed by atoms with Crippen LogP contribution in [0.4, 0.5) is 0 Å². The Morgan fingerprint density at radius 3 is 2.47 bits per heavy atom. The fourth-order valence-corrected chi connectivity index (χ4v) is 5.90. The third-order valence-electron chi connectivity index (χ3n) is 6.07. The molecule has 1 amide bonds. The Bertz CT molecular complexity index is 1340. The molecule has 1 aliphatic heterocycles. The summed E-state index contributed by atoms with van der Waals surface area (Å²) in [7, 11) is -3.22. The third kappa shape index (κ3) is 5.33. The lowest BCUT2D eigenvalue weighted by Crippen LogP contribution is -2.40. The van der Waals surface area contributed by atoms with Crippen LogP contribution in [0.5, 0.6) is 5.75 Å². The number of ether oxygens (including phenoxy) is 1. The fourth-order valence-electron chi connectivity index (χ4n) is 4.17. The van der Waals surface area contributed by atoms with E-state index in [0.717, 1.165) is 29.7 Å². The van der Waals surface area contributed by atoms with Gasteiger partial charge in [-0.2, -0.15) is 0 Å². The Balaban J connectivity index is 1.66. The van der Waals surface area contributed by atoms with Crippen LogP contribution in [-0.4, -0.2) is 43.4 Å². The van der Waals surface area contributed by atoms with E-state index in [4.69, 9.17) is 9.15 Å². The predicted octanol–water partition coefficient (Wildman–Crippen LogP) is 3.97. The quantitative estimate of drug-likeness (QED) is 0.481. The molecule has 7 nitrogen and oxygen atoms in total. The van der Waals surface area contributed by atoms with E-state index in [1.807, 2.05) is 44.2 Å².